The number of fused-ring (bicyclic) bond motifs is 4. The number of allylic oxidation sites excluding steroid dienone is 1. The first-order valence-electron chi connectivity index (χ1n) is 11.4. The summed E-state index contributed by atoms with van der Waals surface area (Å²) in [5.41, 5.74) is 4.01. The molecule has 0 N–H and O–H groups in total. The molecule has 0 saturated heterocycles. The van der Waals surface area contributed by atoms with Crippen molar-refractivity contribution in [2.24, 2.45) is 0 Å². The van der Waals surface area contributed by atoms with Gasteiger partial charge in [-0.2, -0.15) is 0 Å². The Morgan fingerprint density at radius 1 is 0.972 bits per heavy atom. The lowest BCUT2D eigenvalue weighted by Crippen LogP contribution is -2.24. The van der Waals surface area contributed by atoms with Gasteiger partial charge in [0, 0.05) is 17.0 Å². The van der Waals surface area contributed by atoms with Gasteiger partial charge in [0.05, 0.1) is 24.7 Å². The van der Waals surface area contributed by atoms with Gasteiger partial charge in [0.25, 0.3) is 0 Å². The second-order valence-electron chi connectivity index (χ2n) is 8.68. The van der Waals surface area contributed by atoms with E-state index in [2.05, 4.69) is 0 Å². The van der Waals surface area contributed by atoms with Crippen LogP contribution in [0.4, 0.5) is 0 Å². The highest BCUT2D eigenvalue weighted by molar-refractivity contribution is 6.15. The summed E-state index contributed by atoms with van der Waals surface area (Å²) in [5.74, 6) is 0.310. The van der Waals surface area contributed by atoms with Crippen LogP contribution in [0, 0.1) is 0 Å². The Morgan fingerprint density at radius 3 is 2.58 bits per heavy atom. The van der Waals surface area contributed by atoms with Crippen LogP contribution in [-0.4, -0.2) is 31.4 Å². The third-order valence-electron chi connectivity index (χ3n) is 6.51. The highest BCUT2D eigenvalue weighted by Crippen LogP contribution is 2.50. The van der Waals surface area contributed by atoms with Gasteiger partial charge in [0.1, 0.15) is 23.9 Å². The van der Waals surface area contributed by atoms with E-state index in [0.717, 1.165) is 16.9 Å². The fourth-order valence-electron chi connectivity index (χ4n) is 4.74. The van der Waals surface area contributed by atoms with Crippen molar-refractivity contribution in [3.05, 3.63) is 99.8 Å². The Hall–Kier alpha value is -4.65. The molecule has 7 heteroatoms. The number of hydrogen-bond donors (Lipinski definition) is 0. The number of esters is 2. The van der Waals surface area contributed by atoms with Gasteiger partial charge in [-0.3, -0.25) is 9.59 Å². The molecule has 3 aliphatic rings. The molecule has 1 atom stereocenters. The quantitative estimate of drug-likeness (QED) is 0.298. The maximum absolute atomic E-state index is 13.2. The number of Topliss-reactive ketones (excluding diaryl/α,β-unsaturated/α-hetero) is 1. The Kier molecular flexibility index (Phi) is 5.18. The Labute approximate surface area is 206 Å². The highest BCUT2D eigenvalue weighted by Gasteiger charge is 2.39. The van der Waals surface area contributed by atoms with Crippen LogP contribution in [0.5, 0.6) is 17.2 Å². The van der Waals surface area contributed by atoms with Crippen LogP contribution in [0.15, 0.2) is 72.0 Å². The molecule has 0 bridgehead atoms. The molecule has 0 unspecified atom stereocenters. The lowest BCUT2D eigenvalue weighted by atomic mass is 9.83. The summed E-state index contributed by atoms with van der Waals surface area (Å²) in [4.78, 5) is 37.3. The molecule has 36 heavy (non-hydrogen) atoms. The third kappa shape index (κ3) is 3.65. The monoisotopic (exact) mass is 480 g/mol. The standard InChI is InChI=1S/C29H20O7/c1-33-29(32)17-8-6-16(7-9-17)12-24-27(31)20-10-11-23-26(28(20)36-24)21(14-25(30)35-23)19-13-18-4-2-3-5-22(18)34-15-19/h2-13,21H,14-15H2,1H3/b24-12-/t21-/m0/s1. The molecule has 3 aromatic rings. The van der Waals surface area contributed by atoms with E-state index in [9.17, 15) is 14.4 Å². The molecule has 3 aromatic carbocycles. The van der Waals surface area contributed by atoms with Gasteiger partial charge in [-0.15, -0.1) is 0 Å². The predicted octanol–water partition coefficient (Wildman–Crippen LogP) is 4.96. The van der Waals surface area contributed by atoms with Gasteiger partial charge in [0.15, 0.2) is 5.76 Å². The Morgan fingerprint density at radius 2 is 1.78 bits per heavy atom. The largest absolute Gasteiger partial charge is 0.489 e. The molecular formula is C29H20O7. The normalized spacial score (nSPS) is 18.8. The summed E-state index contributed by atoms with van der Waals surface area (Å²) >= 11 is 0. The van der Waals surface area contributed by atoms with Gasteiger partial charge in [-0.25, -0.2) is 4.79 Å². The molecule has 0 amide bonds. The van der Waals surface area contributed by atoms with Gasteiger partial charge < -0.3 is 18.9 Å². The van der Waals surface area contributed by atoms with Crippen molar-refractivity contribution in [3.8, 4) is 17.2 Å². The van der Waals surface area contributed by atoms with Crippen molar-refractivity contribution >= 4 is 29.9 Å². The first-order valence-corrected chi connectivity index (χ1v) is 11.4. The molecule has 3 aliphatic heterocycles. The maximum atomic E-state index is 13.2. The smallest absolute Gasteiger partial charge is 0.337 e. The summed E-state index contributed by atoms with van der Waals surface area (Å²) in [7, 11) is 1.32. The summed E-state index contributed by atoms with van der Waals surface area (Å²) in [5, 5.41) is 0. The van der Waals surface area contributed by atoms with Crippen molar-refractivity contribution in [3.63, 3.8) is 0 Å². The van der Waals surface area contributed by atoms with E-state index in [1.54, 1.807) is 42.5 Å². The topological polar surface area (TPSA) is 88.1 Å². The van der Waals surface area contributed by atoms with Crippen LogP contribution >= 0.6 is 0 Å². The van der Waals surface area contributed by atoms with Crippen molar-refractivity contribution in [2.45, 2.75) is 12.3 Å². The second kappa shape index (κ2) is 8.53. The van der Waals surface area contributed by atoms with Crippen molar-refractivity contribution < 1.29 is 33.3 Å². The van der Waals surface area contributed by atoms with Gasteiger partial charge in [-0.05, 0) is 53.6 Å². The second-order valence-corrected chi connectivity index (χ2v) is 8.68. The fourth-order valence-corrected chi connectivity index (χ4v) is 4.74. The lowest BCUT2D eigenvalue weighted by Gasteiger charge is -2.29. The van der Waals surface area contributed by atoms with E-state index in [1.807, 2.05) is 30.3 Å². The molecule has 0 spiro atoms. The van der Waals surface area contributed by atoms with Crippen molar-refractivity contribution in [1.82, 2.24) is 0 Å². The Balaban J connectivity index is 1.38. The van der Waals surface area contributed by atoms with Crippen molar-refractivity contribution in [2.75, 3.05) is 13.7 Å². The number of ketones is 1. The summed E-state index contributed by atoms with van der Waals surface area (Å²) in [6.07, 6.45) is 3.77. The average Bonchev–Trinajstić information content (AvgIpc) is 3.22. The summed E-state index contributed by atoms with van der Waals surface area (Å²) in [6.45, 7) is 0.321. The van der Waals surface area contributed by atoms with Crippen LogP contribution in [0.2, 0.25) is 0 Å². The lowest BCUT2D eigenvalue weighted by molar-refractivity contribution is -0.135. The van der Waals surface area contributed by atoms with E-state index in [1.165, 1.54) is 7.11 Å². The van der Waals surface area contributed by atoms with Crippen LogP contribution in [0.1, 0.15) is 49.7 Å². The minimum Gasteiger partial charge on any atom is -0.489 e. The molecule has 0 saturated carbocycles. The summed E-state index contributed by atoms with van der Waals surface area (Å²) in [6, 6.07) is 17.6. The average molecular weight is 480 g/mol. The zero-order chi connectivity index (χ0) is 24.8. The van der Waals surface area contributed by atoms with Crippen LogP contribution in [-0.2, 0) is 9.53 Å². The highest BCUT2D eigenvalue weighted by atomic mass is 16.5. The number of para-hydroxylation sites is 1. The molecule has 178 valence electrons. The van der Waals surface area contributed by atoms with Gasteiger partial charge in [-0.1, -0.05) is 30.3 Å². The third-order valence-corrected chi connectivity index (χ3v) is 6.51. The van der Waals surface area contributed by atoms with E-state index in [4.69, 9.17) is 18.9 Å². The maximum Gasteiger partial charge on any atom is 0.337 e. The van der Waals surface area contributed by atoms with Crippen molar-refractivity contribution in [1.29, 1.82) is 0 Å². The van der Waals surface area contributed by atoms with Crippen LogP contribution < -0.4 is 14.2 Å². The van der Waals surface area contributed by atoms with Crippen LogP contribution in [0.25, 0.3) is 12.2 Å². The van der Waals surface area contributed by atoms with E-state index < -0.39 is 5.97 Å². The predicted molar refractivity (Wildman–Crippen MR) is 130 cm³/mol. The molecule has 7 nitrogen and oxygen atoms in total. The first-order chi connectivity index (χ1) is 17.5. The zero-order valence-electron chi connectivity index (χ0n) is 19.3. The molecule has 0 aliphatic carbocycles. The number of carbonyl (C=O) groups excluding carboxylic acids is 3. The minimum atomic E-state index is -0.439. The number of hydrogen-bond acceptors (Lipinski definition) is 7. The van der Waals surface area contributed by atoms with Gasteiger partial charge >= 0.3 is 11.9 Å². The minimum absolute atomic E-state index is 0.117. The fraction of sp³-hybridized carbons (Fsp3) is 0.138. The SMILES string of the molecule is COC(=O)c1ccc(/C=C2\Oc3c(ccc4c3[C@H](C3=Cc5ccccc5OC3)CC(=O)O4)C2=O)cc1. The van der Waals surface area contributed by atoms with E-state index in [0.29, 0.717) is 40.4 Å². The first kappa shape index (κ1) is 21.9. The van der Waals surface area contributed by atoms with E-state index in [-0.39, 0.29) is 29.9 Å². The number of carbonyl (C=O) groups is 3. The molecule has 3 heterocycles. The molecule has 0 radical (unpaired) electrons. The summed E-state index contributed by atoms with van der Waals surface area (Å²) < 4.78 is 22.3. The Bertz CT molecular complexity index is 1490. The number of ether oxygens (including phenoxy) is 4. The zero-order valence-corrected chi connectivity index (χ0v) is 19.3. The van der Waals surface area contributed by atoms with E-state index >= 15 is 0 Å². The molecule has 0 fully saturated rings. The van der Waals surface area contributed by atoms with Gasteiger partial charge in [0.2, 0.25) is 5.78 Å². The van der Waals surface area contributed by atoms with Crippen LogP contribution in [0.3, 0.4) is 0 Å². The molecule has 6 rings (SSSR count). The molecular weight excluding hydrogens is 460 g/mol. The molecule has 0 aromatic heterocycles. The number of rotatable bonds is 3. The number of benzene rings is 3. The number of methoxy groups -OCH3 is 1.